The monoisotopic (exact) mass is 488 g/mol. The zero-order valence-electron chi connectivity index (χ0n) is 17.5. The van der Waals surface area contributed by atoms with Crippen LogP contribution in [0.3, 0.4) is 0 Å². The quantitative estimate of drug-likeness (QED) is 0.242. The van der Waals surface area contributed by atoms with E-state index in [1.165, 1.54) is 16.7 Å². The molecule has 0 radical (unpaired) electrons. The van der Waals surface area contributed by atoms with Crippen molar-refractivity contribution in [3.05, 3.63) is 108 Å². The lowest BCUT2D eigenvalue weighted by atomic mass is 10.0. The van der Waals surface area contributed by atoms with Crippen LogP contribution in [-0.4, -0.2) is 0 Å². The van der Waals surface area contributed by atoms with Crippen LogP contribution in [-0.2, 0) is 0 Å². The molecule has 0 amide bonds. The summed E-state index contributed by atoms with van der Waals surface area (Å²) in [5, 5.41) is 4.33. The predicted octanol–water partition coefficient (Wildman–Crippen LogP) is 9.58. The minimum atomic E-state index is 0.872. The SMILES string of the molecule is Brc1cccc(-c2ccc3oc4cc5c(cc4c3c2)oc2ccc(-c3ccccc3)cc25)c1. The summed E-state index contributed by atoms with van der Waals surface area (Å²) in [6.07, 6.45) is 0. The van der Waals surface area contributed by atoms with Crippen molar-refractivity contribution in [1.29, 1.82) is 0 Å². The standard InChI is InChI=1S/C30H17BrO2/c31-22-8-4-7-19(13-22)21-10-12-28-24(15-21)26-17-29-25(16-30(26)33-28)23-14-20(9-11-27(23)32-29)18-5-2-1-3-6-18/h1-17H. The van der Waals surface area contributed by atoms with Crippen molar-refractivity contribution >= 4 is 59.8 Å². The van der Waals surface area contributed by atoms with Crippen molar-refractivity contribution in [3.8, 4) is 22.3 Å². The van der Waals surface area contributed by atoms with E-state index in [0.717, 1.165) is 53.9 Å². The second-order valence-electron chi connectivity index (χ2n) is 8.35. The topological polar surface area (TPSA) is 26.3 Å². The van der Waals surface area contributed by atoms with Crippen LogP contribution in [0.5, 0.6) is 0 Å². The Labute approximate surface area is 198 Å². The molecule has 3 heteroatoms. The zero-order valence-corrected chi connectivity index (χ0v) is 19.1. The summed E-state index contributed by atoms with van der Waals surface area (Å²) in [5.74, 6) is 0. The molecule has 0 saturated carbocycles. The third-order valence-electron chi connectivity index (χ3n) is 6.33. The number of furan rings is 2. The van der Waals surface area contributed by atoms with Crippen molar-refractivity contribution in [2.24, 2.45) is 0 Å². The number of halogens is 1. The smallest absolute Gasteiger partial charge is 0.136 e. The van der Waals surface area contributed by atoms with Crippen LogP contribution in [0.2, 0.25) is 0 Å². The molecule has 2 heterocycles. The van der Waals surface area contributed by atoms with Crippen LogP contribution >= 0.6 is 15.9 Å². The summed E-state index contributed by atoms with van der Waals surface area (Å²) in [7, 11) is 0. The van der Waals surface area contributed by atoms with Gasteiger partial charge < -0.3 is 8.83 Å². The van der Waals surface area contributed by atoms with Gasteiger partial charge >= 0.3 is 0 Å². The molecule has 5 aromatic carbocycles. The molecule has 0 unspecified atom stereocenters. The summed E-state index contributed by atoms with van der Waals surface area (Å²) in [6.45, 7) is 0. The van der Waals surface area contributed by atoms with Gasteiger partial charge in [0.2, 0.25) is 0 Å². The van der Waals surface area contributed by atoms with E-state index in [4.69, 9.17) is 8.83 Å². The van der Waals surface area contributed by atoms with E-state index in [0.29, 0.717) is 0 Å². The second kappa shape index (κ2) is 7.09. The summed E-state index contributed by atoms with van der Waals surface area (Å²) in [4.78, 5) is 0. The van der Waals surface area contributed by atoms with Crippen molar-refractivity contribution in [3.63, 3.8) is 0 Å². The van der Waals surface area contributed by atoms with Crippen LogP contribution in [0.15, 0.2) is 116 Å². The van der Waals surface area contributed by atoms with Gasteiger partial charge in [0.1, 0.15) is 22.3 Å². The normalized spacial score (nSPS) is 11.8. The first-order valence-corrected chi connectivity index (χ1v) is 11.7. The van der Waals surface area contributed by atoms with Gasteiger partial charge in [-0.1, -0.05) is 70.5 Å². The number of rotatable bonds is 2. The molecule has 0 fully saturated rings. The molecule has 7 rings (SSSR count). The zero-order chi connectivity index (χ0) is 21.9. The summed E-state index contributed by atoms with van der Waals surface area (Å²) < 4.78 is 13.6. The molecular weight excluding hydrogens is 472 g/mol. The first-order valence-electron chi connectivity index (χ1n) is 10.9. The Morgan fingerprint density at radius 1 is 0.394 bits per heavy atom. The summed E-state index contributed by atoms with van der Waals surface area (Å²) >= 11 is 3.57. The lowest BCUT2D eigenvalue weighted by Gasteiger charge is -2.02. The fourth-order valence-electron chi connectivity index (χ4n) is 4.70. The molecule has 0 spiro atoms. The highest BCUT2D eigenvalue weighted by Gasteiger charge is 2.15. The Bertz CT molecular complexity index is 1820. The fourth-order valence-corrected chi connectivity index (χ4v) is 5.10. The fraction of sp³-hybridized carbons (Fsp3) is 0. The first kappa shape index (κ1) is 18.7. The predicted molar refractivity (Wildman–Crippen MR) is 140 cm³/mol. The molecule has 33 heavy (non-hydrogen) atoms. The van der Waals surface area contributed by atoms with E-state index in [-0.39, 0.29) is 0 Å². The Hall–Kier alpha value is -3.82. The van der Waals surface area contributed by atoms with E-state index in [1.54, 1.807) is 0 Å². The van der Waals surface area contributed by atoms with Gasteiger partial charge in [-0.15, -0.1) is 0 Å². The molecule has 2 nitrogen and oxygen atoms in total. The molecule has 0 N–H and O–H groups in total. The maximum atomic E-state index is 6.26. The van der Waals surface area contributed by atoms with Gasteiger partial charge in [0, 0.05) is 26.0 Å². The van der Waals surface area contributed by atoms with E-state index < -0.39 is 0 Å². The molecule has 0 aliphatic heterocycles. The van der Waals surface area contributed by atoms with Gasteiger partial charge in [-0.05, 0) is 70.8 Å². The van der Waals surface area contributed by atoms with E-state index in [1.807, 2.05) is 12.1 Å². The van der Waals surface area contributed by atoms with Crippen LogP contribution < -0.4 is 0 Å². The molecule has 7 aromatic rings. The van der Waals surface area contributed by atoms with Gasteiger partial charge in [0.05, 0.1) is 0 Å². The van der Waals surface area contributed by atoms with Crippen molar-refractivity contribution in [2.45, 2.75) is 0 Å². The molecule has 0 bridgehead atoms. The van der Waals surface area contributed by atoms with Gasteiger partial charge in [-0.25, -0.2) is 0 Å². The largest absolute Gasteiger partial charge is 0.456 e. The number of hydrogen-bond donors (Lipinski definition) is 0. The van der Waals surface area contributed by atoms with E-state index in [2.05, 4.69) is 107 Å². The molecule has 156 valence electrons. The maximum absolute atomic E-state index is 6.26. The van der Waals surface area contributed by atoms with E-state index in [9.17, 15) is 0 Å². The molecule has 0 aliphatic rings. The van der Waals surface area contributed by atoms with E-state index >= 15 is 0 Å². The number of hydrogen-bond acceptors (Lipinski definition) is 2. The average molecular weight is 489 g/mol. The molecule has 0 atom stereocenters. The van der Waals surface area contributed by atoms with Crippen LogP contribution in [0.4, 0.5) is 0 Å². The maximum Gasteiger partial charge on any atom is 0.136 e. The van der Waals surface area contributed by atoms with Crippen molar-refractivity contribution in [2.75, 3.05) is 0 Å². The van der Waals surface area contributed by atoms with Crippen LogP contribution in [0.1, 0.15) is 0 Å². The second-order valence-corrected chi connectivity index (χ2v) is 9.26. The third-order valence-corrected chi connectivity index (χ3v) is 6.82. The average Bonchev–Trinajstić information content (AvgIpc) is 3.39. The van der Waals surface area contributed by atoms with Gasteiger partial charge in [0.15, 0.2) is 0 Å². The summed E-state index contributed by atoms with van der Waals surface area (Å²) in [5.41, 5.74) is 8.20. The van der Waals surface area contributed by atoms with Gasteiger partial charge in [0.25, 0.3) is 0 Å². The van der Waals surface area contributed by atoms with Gasteiger partial charge in [-0.3, -0.25) is 0 Å². The Balaban J connectivity index is 1.45. The van der Waals surface area contributed by atoms with Gasteiger partial charge in [-0.2, -0.15) is 0 Å². The molecule has 0 saturated heterocycles. The third kappa shape index (κ3) is 3.00. The van der Waals surface area contributed by atoms with Crippen molar-refractivity contribution in [1.82, 2.24) is 0 Å². The Kier molecular flexibility index (Phi) is 4.02. The van der Waals surface area contributed by atoms with Crippen LogP contribution in [0, 0.1) is 0 Å². The highest BCUT2D eigenvalue weighted by atomic mass is 79.9. The summed E-state index contributed by atoms with van der Waals surface area (Å²) in [6, 6.07) is 35.7. The number of benzene rings is 5. The van der Waals surface area contributed by atoms with Crippen LogP contribution in [0.25, 0.3) is 66.1 Å². The highest BCUT2D eigenvalue weighted by molar-refractivity contribution is 9.10. The molecule has 0 aliphatic carbocycles. The Morgan fingerprint density at radius 2 is 0.909 bits per heavy atom. The van der Waals surface area contributed by atoms with Crippen molar-refractivity contribution < 1.29 is 8.83 Å². The Morgan fingerprint density at radius 3 is 1.52 bits per heavy atom. The lowest BCUT2D eigenvalue weighted by molar-refractivity contribution is 0.664. The highest BCUT2D eigenvalue weighted by Crippen LogP contribution is 2.39. The first-order chi connectivity index (χ1) is 16.2. The number of fused-ring (bicyclic) bond motifs is 6. The minimum absolute atomic E-state index is 0.872. The lowest BCUT2D eigenvalue weighted by Crippen LogP contribution is -1.77. The minimum Gasteiger partial charge on any atom is -0.456 e. The molecule has 2 aromatic heterocycles. The molecular formula is C30H17BrO2.